The third kappa shape index (κ3) is 12.5. The smallest absolute Gasteiger partial charge is 0.0540 e. The van der Waals surface area contributed by atoms with Crippen LogP contribution < -0.4 is 9.80 Å². The molecule has 2 atom stereocenters. The number of hydrogen-bond donors (Lipinski definition) is 0. The first-order valence-electron chi connectivity index (χ1n) is 32.5. The molecular weight excluding hydrogens is 1070 g/mol. The van der Waals surface area contributed by atoms with Crippen LogP contribution in [0.15, 0.2) is 279 Å². The number of benzene rings is 12. The van der Waals surface area contributed by atoms with E-state index >= 15 is 0 Å². The molecule has 0 spiro atoms. The molecule has 0 saturated carbocycles. The third-order valence-corrected chi connectivity index (χ3v) is 18.8. The van der Waals surface area contributed by atoms with Gasteiger partial charge in [-0.15, -0.1) is 0 Å². The molecule has 0 radical (unpaired) electrons. The summed E-state index contributed by atoms with van der Waals surface area (Å²) in [6.45, 7) is 19.5. The highest BCUT2D eigenvalue weighted by molar-refractivity contribution is 6.00. The second-order valence-electron chi connectivity index (χ2n) is 28.0. The number of para-hydroxylation sites is 2. The summed E-state index contributed by atoms with van der Waals surface area (Å²) in [5.74, 6) is 1.19. The average Bonchev–Trinajstić information content (AvgIpc) is 1.60. The average molecular weight is 1160 g/mol. The summed E-state index contributed by atoms with van der Waals surface area (Å²) in [5, 5.41) is 4.92. The summed E-state index contributed by atoms with van der Waals surface area (Å²) < 4.78 is 0. The van der Waals surface area contributed by atoms with Crippen molar-refractivity contribution in [2.45, 2.75) is 99.3 Å². The van der Waals surface area contributed by atoms with Crippen molar-refractivity contribution in [2.24, 2.45) is 22.7 Å². The summed E-state index contributed by atoms with van der Waals surface area (Å²) in [5.41, 5.74) is 23.0. The minimum atomic E-state index is -0.141. The van der Waals surface area contributed by atoms with Gasteiger partial charge < -0.3 is 9.80 Å². The molecular formula is C87H84N2. The van der Waals surface area contributed by atoms with Gasteiger partial charge in [0.25, 0.3) is 0 Å². The van der Waals surface area contributed by atoms with Gasteiger partial charge in [-0.25, -0.2) is 0 Å². The Labute approximate surface area is 530 Å². The van der Waals surface area contributed by atoms with Gasteiger partial charge >= 0.3 is 0 Å². The lowest BCUT2D eigenvalue weighted by Gasteiger charge is -2.36. The summed E-state index contributed by atoms with van der Waals surface area (Å²) in [6, 6.07) is 104. The van der Waals surface area contributed by atoms with Gasteiger partial charge in [-0.1, -0.05) is 262 Å². The van der Waals surface area contributed by atoms with Crippen LogP contribution in [0.1, 0.15) is 105 Å². The summed E-state index contributed by atoms with van der Waals surface area (Å²) in [4.78, 5) is 4.76. The fourth-order valence-electron chi connectivity index (χ4n) is 14.9. The predicted molar refractivity (Wildman–Crippen MR) is 384 cm³/mol. The first-order valence-corrected chi connectivity index (χ1v) is 32.5. The number of rotatable bonds is 18. The van der Waals surface area contributed by atoms with E-state index in [1.54, 1.807) is 0 Å². The minimum Gasteiger partial charge on any atom is -0.310 e. The molecule has 0 saturated heterocycles. The lowest BCUT2D eigenvalue weighted by atomic mass is 9.67. The van der Waals surface area contributed by atoms with Crippen molar-refractivity contribution >= 4 is 55.7 Å². The molecule has 0 heterocycles. The zero-order valence-electron chi connectivity index (χ0n) is 53.3. The predicted octanol–water partition coefficient (Wildman–Crippen LogP) is 25.6. The van der Waals surface area contributed by atoms with E-state index in [1.807, 2.05) is 0 Å². The van der Waals surface area contributed by atoms with Crippen molar-refractivity contribution in [2.75, 3.05) is 9.80 Å². The molecule has 12 aromatic rings. The van der Waals surface area contributed by atoms with Crippen LogP contribution in [0.4, 0.5) is 34.1 Å². The van der Waals surface area contributed by atoms with Crippen molar-refractivity contribution in [1.82, 2.24) is 0 Å². The first kappa shape index (κ1) is 58.8. The maximum atomic E-state index is 2.61. The van der Waals surface area contributed by atoms with Gasteiger partial charge in [-0.2, -0.15) is 0 Å². The van der Waals surface area contributed by atoms with Crippen molar-refractivity contribution < 1.29 is 0 Å². The highest BCUT2D eigenvalue weighted by Crippen LogP contribution is 2.57. The molecule has 0 amide bonds. The van der Waals surface area contributed by atoms with Gasteiger partial charge in [0.1, 0.15) is 0 Å². The highest BCUT2D eigenvalue weighted by atomic mass is 15.1. The van der Waals surface area contributed by atoms with Gasteiger partial charge in [0.05, 0.1) is 11.4 Å². The fraction of sp³-hybridized carbons (Fsp3) is 0.218. The summed E-state index contributed by atoms with van der Waals surface area (Å²) in [7, 11) is 0. The highest BCUT2D eigenvalue weighted by Gasteiger charge is 2.44. The summed E-state index contributed by atoms with van der Waals surface area (Å²) >= 11 is 0. The van der Waals surface area contributed by atoms with Gasteiger partial charge in [0, 0.05) is 38.9 Å². The van der Waals surface area contributed by atoms with E-state index in [4.69, 9.17) is 0 Å². The van der Waals surface area contributed by atoms with Crippen LogP contribution in [-0.2, 0) is 5.41 Å². The number of fused-ring (bicyclic) bond motifs is 5. The van der Waals surface area contributed by atoms with Gasteiger partial charge in [-0.05, 0) is 212 Å². The van der Waals surface area contributed by atoms with E-state index in [1.165, 1.54) is 125 Å². The van der Waals surface area contributed by atoms with Crippen LogP contribution in [0.25, 0.3) is 77.2 Å². The topological polar surface area (TPSA) is 6.48 Å². The first-order chi connectivity index (χ1) is 43.1. The minimum absolute atomic E-state index is 0.141. The molecule has 2 unspecified atom stereocenters. The number of nitrogens with zero attached hydrogens (tertiary/aromatic N) is 2. The van der Waals surface area contributed by atoms with E-state index in [2.05, 4.69) is 344 Å². The zero-order chi connectivity index (χ0) is 61.3. The molecule has 1 aliphatic carbocycles. The monoisotopic (exact) mass is 1160 g/mol. The number of anilines is 6. The van der Waals surface area contributed by atoms with Crippen molar-refractivity contribution in [3.63, 3.8) is 0 Å². The normalized spacial score (nSPS) is 13.4. The zero-order valence-corrected chi connectivity index (χ0v) is 53.3. The van der Waals surface area contributed by atoms with Crippen molar-refractivity contribution in [3.8, 4) is 55.6 Å². The quantitative estimate of drug-likeness (QED) is 0.0845. The molecule has 89 heavy (non-hydrogen) atoms. The molecule has 12 aromatic carbocycles. The Kier molecular flexibility index (Phi) is 16.3. The molecule has 0 bridgehead atoms. The maximum absolute atomic E-state index is 2.61. The Morgan fingerprint density at radius 1 is 0.303 bits per heavy atom. The standard InChI is InChI=1S/C87H84N2/c1-61(59-85(3,4)5)53-55-87(56-54-62(2)60-86(6,7)8)81-57-71(67-37-33-63(34-38-67)65-41-47-75(48-42-65)88(73-25-11-9-12-26-73)83-31-19-23-69-21-15-17-29-77(69)83)45-51-79(81)80-52-46-72(58-82(80)87)68-39-35-64(36-40-68)66-43-49-76(50-44-66)89(74-27-13-10-14-28-74)84-32-20-24-70-22-16-18-30-78(70)84/h9-52,57-58,61-62H,53-56,59-60H2,1-8H3. The molecule has 2 nitrogen and oxygen atoms in total. The lowest BCUT2D eigenvalue weighted by Crippen LogP contribution is -2.28. The van der Waals surface area contributed by atoms with Gasteiger partial charge in [0.15, 0.2) is 0 Å². The maximum Gasteiger partial charge on any atom is 0.0540 e. The molecule has 1 aliphatic rings. The molecule has 0 aromatic heterocycles. The fourth-order valence-corrected chi connectivity index (χ4v) is 14.9. The van der Waals surface area contributed by atoms with E-state index in [0.29, 0.717) is 11.8 Å². The van der Waals surface area contributed by atoms with E-state index < -0.39 is 0 Å². The number of hydrogen-bond acceptors (Lipinski definition) is 2. The second-order valence-corrected chi connectivity index (χ2v) is 28.0. The van der Waals surface area contributed by atoms with Crippen LogP contribution in [0.2, 0.25) is 0 Å². The van der Waals surface area contributed by atoms with E-state index in [0.717, 1.165) is 35.6 Å². The van der Waals surface area contributed by atoms with E-state index in [-0.39, 0.29) is 16.2 Å². The Balaban J connectivity index is 0.823. The lowest BCUT2D eigenvalue weighted by molar-refractivity contribution is 0.257. The Bertz CT molecular complexity index is 4090. The van der Waals surface area contributed by atoms with Gasteiger partial charge in [0.2, 0.25) is 0 Å². The van der Waals surface area contributed by atoms with Crippen LogP contribution >= 0.6 is 0 Å². The molecule has 13 rings (SSSR count). The van der Waals surface area contributed by atoms with Crippen molar-refractivity contribution in [1.29, 1.82) is 0 Å². The van der Waals surface area contributed by atoms with Gasteiger partial charge in [-0.3, -0.25) is 0 Å². The van der Waals surface area contributed by atoms with Crippen LogP contribution in [0, 0.1) is 22.7 Å². The Hall–Kier alpha value is -9.24. The van der Waals surface area contributed by atoms with Crippen LogP contribution in [-0.4, -0.2) is 0 Å². The molecule has 0 fully saturated rings. The summed E-state index contributed by atoms with van der Waals surface area (Å²) in [6.07, 6.45) is 7.00. The molecule has 0 aliphatic heterocycles. The van der Waals surface area contributed by atoms with Crippen LogP contribution in [0.5, 0.6) is 0 Å². The van der Waals surface area contributed by atoms with E-state index in [9.17, 15) is 0 Å². The molecule has 442 valence electrons. The SMILES string of the molecule is CC(CCC1(CCC(C)CC(C)(C)C)c2cc(-c3ccc(-c4ccc(N(c5ccccc5)c5cccc6ccccc56)cc4)cc3)ccc2-c2ccc(-c3ccc(-c4ccc(N(c5ccccc5)c5cccc6ccccc56)cc4)cc3)cc21)CC(C)(C)C. The van der Waals surface area contributed by atoms with Crippen molar-refractivity contribution in [3.05, 3.63) is 290 Å². The third-order valence-electron chi connectivity index (χ3n) is 18.8. The molecule has 2 heteroatoms. The second kappa shape index (κ2) is 24.7. The van der Waals surface area contributed by atoms with Crippen LogP contribution in [0.3, 0.4) is 0 Å². The Morgan fingerprint density at radius 2 is 0.596 bits per heavy atom. The molecule has 0 N–H and O–H groups in total. The Morgan fingerprint density at radius 3 is 0.955 bits per heavy atom. The largest absolute Gasteiger partial charge is 0.310 e.